The molecule has 4 rings (SSSR count). The minimum Gasteiger partial charge on any atom is -0.495 e. The minimum atomic E-state index is -3.74. The van der Waals surface area contributed by atoms with E-state index in [0.717, 1.165) is 23.9 Å². The van der Waals surface area contributed by atoms with Crippen LogP contribution in [0.3, 0.4) is 0 Å². The summed E-state index contributed by atoms with van der Waals surface area (Å²) in [6.07, 6.45) is 5.45. The average molecular weight is 429 g/mol. The fraction of sp³-hybridized carbons (Fsp3) is 0.333. The summed E-state index contributed by atoms with van der Waals surface area (Å²) in [6, 6.07) is 8.49. The molecule has 158 valence electrons. The Kier molecular flexibility index (Phi) is 5.48. The first-order valence-corrected chi connectivity index (χ1v) is 11.3. The van der Waals surface area contributed by atoms with Crippen LogP contribution in [0.15, 0.2) is 47.6 Å². The van der Waals surface area contributed by atoms with Crippen LogP contribution in [-0.4, -0.2) is 56.4 Å². The summed E-state index contributed by atoms with van der Waals surface area (Å²) in [5.41, 5.74) is 2.44. The first-order chi connectivity index (χ1) is 14.4. The highest BCUT2D eigenvalue weighted by Gasteiger charge is 2.27. The number of rotatable bonds is 5. The molecule has 2 N–H and O–H groups in total. The van der Waals surface area contributed by atoms with Gasteiger partial charge in [-0.2, -0.15) is 0 Å². The van der Waals surface area contributed by atoms with Crippen molar-refractivity contribution in [3.8, 4) is 5.75 Å². The van der Waals surface area contributed by atoms with Gasteiger partial charge < -0.3 is 14.6 Å². The lowest BCUT2D eigenvalue weighted by molar-refractivity contribution is 0.0713. The Morgan fingerprint density at radius 1 is 1.27 bits per heavy atom. The van der Waals surface area contributed by atoms with E-state index in [1.165, 1.54) is 31.9 Å². The number of fused-ring (bicyclic) bond motifs is 1. The van der Waals surface area contributed by atoms with Crippen molar-refractivity contribution in [2.75, 3.05) is 27.2 Å². The van der Waals surface area contributed by atoms with Crippen LogP contribution in [0.1, 0.15) is 34.7 Å². The number of carbonyl (C=O) groups is 1. The number of nitrogens with zero attached hydrogens (tertiary/aromatic N) is 2. The second kappa shape index (κ2) is 8.08. The average Bonchev–Trinajstić information content (AvgIpc) is 3.22. The standard InChI is InChI=1S/C21H24N4O4S/c1-22-30(27,28)19-12-15(5-6-18(19)29-2)21(26)25-10-7-14(8-11-25)17-13-24-20-16(17)4-3-9-23-20/h3-6,9,12-14,22H,7-8,10-11H2,1-2H3,(H,23,24). The van der Waals surface area contributed by atoms with Crippen LogP contribution < -0.4 is 9.46 Å². The van der Waals surface area contributed by atoms with Gasteiger partial charge in [0.05, 0.1) is 7.11 Å². The molecule has 0 aliphatic carbocycles. The van der Waals surface area contributed by atoms with Gasteiger partial charge in [-0.3, -0.25) is 4.79 Å². The highest BCUT2D eigenvalue weighted by atomic mass is 32.2. The molecule has 1 aliphatic rings. The van der Waals surface area contributed by atoms with Crippen molar-refractivity contribution >= 4 is 27.0 Å². The molecule has 1 fully saturated rings. The summed E-state index contributed by atoms with van der Waals surface area (Å²) in [5.74, 6) is 0.375. The van der Waals surface area contributed by atoms with Crippen LogP contribution in [0, 0.1) is 0 Å². The summed E-state index contributed by atoms with van der Waals surface area (Å²) in [7, 11) is -1.02. The third-order valence-corrected chi connectivity index (χ3v) is 7.11. The van der Waals surface area contributed by atoms with E-state index in [1.54, 1.807) is 17.2 Å². The monoisotopic (exact) mass is 428 g/mol. The molecule has 0 radical (unpaired) electrons. The normalized spacial score (nSPS) is 15.5. The lowest BCUT2D eigenvalue weighted by Crippen LogP contribution is -2.38. The number of pyridine rings is 1. The van der Waals surface area contributed by atoms with Gasteiger partial charge in [-0.05, 0) is 61.7 Å². The van der Waals surface area contributed by atoms with Crippen LogP contribution in [0.25, 0.3) is 11.0 Å². The van der Waals surface area contributed by atoms with E-state index in [1.807, 2.05) is 12.3 Å². The van der Waals surface area contributed by atoms with Crippen molar-refractivity contribution < 1.29 is 17.9 Å². The molecule has 0 bridgehead atoms. The molecule has 0 atom stereocenters. The second-order valence-corrected chi connectivity index (χ2v) is 9.14. The molecule has 0 spiro atoms. The van der Waals surface area contributed by atoms with Crippen molar-refractivity contribution in [3.63, 3.8) is 0 Å². The molecule has 3 aromatic rings. The van der Waals surface area contributed by atoms with E-state index >= 15 is 0 Å². The topological polar surface area (TPSA) is 104 Å². The molecule has 2 aromatic heterocycles. The molecule has 0 unspecified atom stereocenters. The highest BCUT2D eigenvalue weighted by molar-refractivity contribution is 7.89. The van der Waals surface area contributed by atoms with Gasteiger partial charge in [0.25, 0.3) is 5.91 Å². The summed E-state index contributed by atoms with van der Waals surface area (Å²) < 4.78 is 32.0. The third kappa shape index (κ3) is 3.66. The summed E-state index contributed by atoms with van der Waals surface area (Å²) >= 11 is 0. The Balaban J connectivity index is 1.51. The van der Waals surface area contributed by atoms with Gasteiger partial charge in [-0.25, -0.2) is 18.1 Å². The van der Waals surface area contributed by atoms with Crippen molar-refractivity contribution in [1.29, 1.82) is 0 Å². The molecule has 30 heavy (non-hydrogen) atoms. The number of aromatic nitrogens is 2. The molecule has 1 aromatic carbocycles. The predicted octanol–water partition coefficient (Wildman–Crippen LogP) is 2.50. The van der Waals surface area contributed by atoms with Gasteiger partial charge in [0.2, 0.25) is 10.0 Å². The molecule has 0 saturated carbocycles. The van der Waals surface area contributed by atoms with Crippen LogP contribution in [0.4, 0.5) is 0 Å². The molecule has 1 aliphatic heterocycles. The lowest BCUT2D eigenvalue weighted by Gasteiger charge is -2.32. The zero-order chi connectivity index (χ0) is 21.3. The molecular formula is C21H24N4O4S. The van der Waals surface area contributed by atoms with Crippen molar-refractivity contribution in [2.45, 2.75) is 23.7 Å². The molecule has 8 nitrogen and oxygen atoms in total. The Labute approximate surface area is 175 Å². The fourth-order valence-electron chi connectivity index (χ4n) is 4.02. The van der Waals surface area contributed by atoms with Gasteiger partial charge >= 0.3 is 0 Å². The maximum Gasteiger partial charge on any atom is 0.253 e. The van der Waals surface area contributed by atoms with E-state index in [4.69, 9.17) is 4.74 Å². The maximum absolute atomic E-state index is 13.0. The SMILES string of the molecule is CNS(=O)(=O)c1cc(C(=O)N2CCC(c3c[nH]c4ncccc34)CC2)ccc1OC. The largest absolute Gasteiger partial charge is 0.495 e. The number of piperidine rings is 1. The predicted molar refractivity (Wildman–Crippen MR) is 113 cm³/mol. The molecule has 1 saturated heterocycles. The third-order valence-electron chi connectivity index (χ3n) is 5.67. The maximum atomic E-state index is 13.0. The van der Waals surface area contributed by atoms with Gasteiger partial charge in [0.15, 0.2) is 0 Å². The van der Waals surface area contributed by atoms with Crippen molar-refractivity contribution in [2.24, 2.45) is 0 Å². The second-order valence-electron chi connectivity index (χ2n) is 7.28. The Morgan fingerprint density at radius 2 is 2.03 bits per heavy atom. The number of nitrogens with one attached hydrogen (secondary N) is 2. The van der Waals surface area contributed by atoms with Crippen LogP contribution in [0.2, 0.25) is 0 Å². The smallest absolute Gasteiger partial charge is 0.253 e. The van der Waals surface area contributed by atoms with E-state index in [2.05, 4.69) is 20.8 Å². The van der Waals surface area contributed by atoms with Gasteiger partial charge in [0.1, 0.15) is 16.3 Å². The molecular weight excluding hydrogens is 404 g/mol. The fourth-order valence-corrected chi connectivity index (χ4v) is 4.94. The number of aromatic amines is 1. The van der Waals surface area contributed by atoms with Crippen LogP contribution >= 0.6 is 0 Å². The first-order valence-electron chi connectivity index (χ1n) is 9.77. The number of hydrogen-bond donors (Lipinski definition) is 2. The highest BCUT2D eigenvalue weighted by Crippen LogP contribution is 2.33. The number of amides is 1. The number of sulfonamides is 1. The van der Waals surface area contributed by atoms with Gasteiger partial charge in [0, 0.05) is 36.4 Å². The van der Waals surface area contributed by atoms with Crippen molar-refractivity contribution in [3.05, 3.63) is 53.9 Å². The van der Waals surface area contributed by atoms with Crippen molar-refractivity contribution in [1.82, 2.24) is 19.6 Å². The number of likely N-dealkylation sites (tertiary alicyclic amines) is 1. The van der Waals surface area contributed by atoms with Crippen LogP contribution in [0.5, 0.6) is 5.75 Å². The summed E-state index contributed by atoms with van der Waals surface area (Å²) in [4.78, 5) is 22.3. The molecule has 9 heteroatoms. The Bertz CT molecular complexity index is 1180. The van der Waals surface area contributed by atoms with E-state index in [9.17, 15) is 13.2 Å². The Morgan fingerprint density at radius 3 is 2.73 bits per heavy atom. The first kappa shape index (κ1) is 20.4. The molecule has 3 heterocycles. The van der Waals surface area contributed by atoms with Crippen LogP contribution in [-0.2, 0) is 10.0 Å². The Hall–Kier alpha value is -2.91. The number of benzene rings is 1. The number of carbonyl (C=O) groups excluding carboxylic acids is 1. The summed E-state index contributed by atoms with van der Waals surface area (Å²) in [6.45, 7) is 1.22. The number of hydrogen-bond acceptors (Lipinski definition) is 5. The van der Waals surface area contributed by atoms with Gasteiger partial charge in [-0.1, -0.05) is 0 Å². The minimum absolute atomic E-state index is 0.0421. The number of ether oxygens (including phenoxy) is 1. The van der Waals surface area contributed by atoms with E-state index < -0.39 is 10.0 Å². The van der Waals surface area contributed by atoms with E-state index in [-0.39, 0.29) is 16.6 Å². The van der Waals surface area contributed by atoms with Gasteiger partial charge in [-0.15, -0.1) is 0 Å². The zero-order valence-electron chi connectivity index (χ0n) is 16.9. The zero-order valence-corrected chi connectivity index (χ0v) is 17.7. The lowest BCUT2D eigenvalue weighted by atomic mass is 9.89. The summed E-state index contributed by atoms with van der Waals surface area (Å²) in [5, 5.41) is 1.12. The quantitative estimate of drug-likeness (QED) is 0.650. The number of H-pyrrole nitrogens is 1. The molecule has 1 amide bonds. The van der Waals surface area contributed by atoms with E-state index in [0.29, 0.717) is 24.6 Å². The number of methoxy groups -OCH3 is 1.